The molecule has 31 heavy (non-hydrogen) atoms. The van der Waals surface area contributed by atoms with Gasteiger partial charge in [-0.2, -0.15) is 13.2 Å². The minimum Gasteiger partial charge on any atom is -0.432 e. The van der Waals surface area contributed by atoms with Crippen LogP contribution in [0.1, 0.15) is 6.42 Å². The van der Waals surface area contributed by atoms with E-state index in [9.17, 15) is 22.0 Å². The number of fused-ring (bicyclic) bond motifs is 3. The summed E-state index contributed by atoms with van der Waals surface area (Å²) in [5.74, 6) is -4.35. The van der Waals surface area contributed by atoms with Crippen molar-refractivity contribution in [3.63, 3.8) is 0 Å². The maximum absolute atomic E-state index is 14.7. The van der Waals surface area contributed by atoms with Crippen molar-refractivity contribution in [3.05, 3.63) is 42.0 Å². The summed E-state index contributed by atoms with van der Waals surface area (Å²) in [4.78, 5) is 14.2. The second kappa shape index (κ2) is 7.45. The number of piperazine rings is 1. The first kappa shape index (κ1) is 19.7. The second-order valence-corrected chi connectivity index (χ2v) is 7.27. The molecule has 2 fully saturated rings. The Balaban J connectivity index is 1.52. The van der Waals surface area contributed by atoms with Gasteiger partial charge < -0.3 is 20.3 Å². The summed E-state index contributed by atoms with van der Waals surface area (Å²) in [6.07, 6.45) is 2.00. The van der Waals surface area contributed by atoms with Gasteiger partial charge in [0, 0.05) is 31.2 Å². The molecule has 0 aliphatic carbocycles. The lowest BCUT2D eigenvalue weighted by Crippen LogP contribution is -2.44. The fourth-order valence-corrected chi connectivity index (χ4v) is 4.01. The van der Waals surface area contributed by atoms with Crippen LogP contribution in [0, 0.1) is 17.5 Å². The number of nitrogens with one attached hydrogen (secondary N) is 2. The molecular formula is C19H15F5N6O. The van der Waals surface area contributed by atoms with E-state index < -0.39 is 29.8 Å². The summed E-state index contributed by atoms with van der Waals surface area (Å²) in [7, 11) is 0. The lowest BCUT2D eigenvalue weighted by molar-refractivity contribution is -0.0525. The molecule has 2 aromatic heterocycles. The quantitative estimate of drug-likeness (QED) is 0.592. The van der Waals surface area contributed by atoms with Crippen LogP contribution < -0.4 is 20.3 Å². The van der Waals surface area contributed by atoms with Gasteiger partial charge in [0.15, 0.2) is 29.0 Å². The fourth-order valence-electron chi connectivity index (χ4n) is 4.01. The number of nitrogens with zero attached hydrogens (tertiary/aromatic N) is 4. The molecule has 2 saturated heterocycles. The zero-order chi connectivity index (χ0) is 21.7. The Morgan fingerprint density at radius 3 is 2.71 bits per heavy atom. The highest BCUT2D eigenvalue weighted by Gasteiger charge is 2.39. The van der Waals surface area contributed by atoms with Crippen LogP contribution in [0.4, 0.5) is 39.3 Å². The first-order valence-electron chi connectivity index (χ1n) is 9.42. The van der Waals surface area contributed by atoms with Crippen molar-refractivity contribution in [2.24, 2.45) is 0 Å². The van der Waals surface area contributed by atoms with Crippen molar-refractivity contribution in [1.82, 2.24) is 20.3 Å². The van der Waals surface area contributed by atoms with Gasteiger partial charge in [0.2, 0.25) is 5.82 Å². The highest BCUT2D eigenvalue weighted by atomic mass is 19.3. The Bertz CT molecular complexity index is 1160. The highest BCUT2D eigenvalue weighted by molar-refractivity contribution is 5.88. The Morgan fingerprint density at radius 2 is 2.00 bits per heavy atom. The number of ether oxygens (including phenoxy) is 1. The van der Waals surface area contributed by atoms with Crippen LogP contribution in [0.2, 0.25) is 0 Å². The third-order valence-corrected chi connectivity index (χ3v) is 5.39. The summed E-state index contributed by atoms with van der Waals surface area (Å²) in [5.41, 5.74) is -0.0571. The van der Waals surface area contributed by atoms with Gasteiger partial charge in [0.05, 0.1) is 11.2 Å². The predicted octanol–water partition coefficient (Wildman–Crippen LogP) is 3.34. The van der Waals surface area contributed by atoms with Crippen LogP contribution in [0.25, 0.3) is 11.0 Å². The number of aromatic nitrogens is 3. The Hall–Kier alpha value is -3.28. The minimum atomic E-state index is -3.30. The number of hydrogen-bond acceptors (Lipinski definition) is 7. The van der Waals surface area contributed by atoms with Gasteiger partial charge in [0.1, 0.15) is 11.8 Å². The van der Waals surface area contributed by atoms with Crippen molar-refractivity contribution in [3.8, 4) is 5.75 Å². The molecule has 2 N–H and O–H groups in total. The Morgan fingerprint density at radius 1 is 1.16 bits per heavy atom. The molecule has 2 aliphatic heterocycles. The molecule has 7 nitrogen and oxygen atoms in total. The van der Waals surface area contributed by atoms with Gasteiger partial charge in [-0.05, 0) is 18.6 Å². The van der Waals surface area contributed by atoms with Gasteiger partial charge in [-0.25, -0.2) is 23.7 Å². The zero-order valence-electron chi connectivity index (χ0n) is 15.7. The molecule has 2 aliphatic rings. The van der Waals surface area contributed by atoms with Crippen molar-refractivity contribution in [2.75, 3.05) is 23.3 Å². The van der Waals surface area contributed by atoms with Crippen molar-refractivity contribution in [2.45, 2.75) is 25.1 Å². The first-order chi connectivity index (χ1) is 14.9. The molecule has 0 spiro atoms. The second-order valence-electron chi connectivity index (χ2n) is 7.27. The molecule has 162 valence electrons. The van der Waals surface area contributed by atoms with E-state index in [1.54, 1.807) is 0 Å². The lowest BCUT2D eigenvalue weighted by atomic mass is 10.2. The summed E-state index contributed by atoms with van der Waals surface area (Å²) >= 11 is 0. The fraction of sp³-hybridized carbons (Fsp3) is 0.316. The topological polar surface area (TPSA) is 75.2 Å². The molecule has 2 bridgehead atoms. The van der Waals surface area contributed by atoms with Crippen molar-refractivity contribution < 1.29 is 26.7 Å². The highest BCUT2D eigenvalue weighted by Crippen LogP contribution is 2.34. The van der Waals surface area contributed by atoms with Gasteiger partial charge in [-0.15, -0.1) is 0 Å². The zero-order valence-corrected chi connectivity index (χ0v) is 15.7. The molecule has 12 heteroatoms. The third-order valence-electron chi connectivity index (χ3n) is 5.39. The molecule has 0 amide bonds. The van der Waals surface area contributed by atoms with E-state index in [0.29, 0.717) is 6.54 Å². The predicted molar refractivity (Wildman–Crippen MR) is 101 cm³/mol. The molecule has 0 unspecified atom stereocenters. The summed E-state index contributed by atoms with van der Waals surface area (Å²) < 4.78 is 71.8. The molecule has 5 rings (SSSR count). The van der Waals surface area contributed by atoms with E-state index in [1.807, 2.05) is 4.90 Å². The van der Waals surface area contributed by atoms with E-state index in [1.165, 1.54) is 6.07 Å². The van der Waals surface area contributed by atoms with E-state index >= 15 is 0 Å². The molecule has 1 aromatic carbocycles. The van der Waals surface area contributed by atoms with E-state index in [2.05, 4.69) is 30.3 Å². The first-order valence-corrected chi connectivity index (χ1v) is 9.42. The molecule has 0 saturated carbocycles. The molecular weight excluding hydrogens is 423 g/mol. The molecule has 3 aromatic rings. The van der Waals surface area contributed by atoms with Crippen molar-refractivity contribution >= 4 is 28.4 Å². The van der Waals surface area contributed by atoms with Crippen LogP contribution >= 0.6 is 0 Å². The number of alkyl halides is 2. The summed E-state index contributed by atoms with van der Waals surface area (Å²) in [6, 6.07) is 3.47. The van der Waals surface area contributed by atoms with Gasteiger partial charge in [-0.3, -0.25) is 0 Å². The number of pyridine rings is 1. The monoisotopic (exact) mass is 438 g/mol. The minimum absolute atomic E-state index is 0.00885. The average Bonchev–Trinajstić information content (AvgIpc) is 3.36. The SMILES string of the molecule is Fc1cc2ncnc(Nc3ccc(OC(F)F)c(F)c3F)c2nc1N1C[C@@H]2C[C@H]1CN2. The van der Waals surface area contributed by atoms with Crippen LogP contribution in [-0.2, 0) is 0 Å². The Labute approximate surface area is 172 Å². The third kappa shape index (κ3) is 3.46. The average molecular weight is 438 g/mol. The van der Waals surface area contributed by atoms with Crippen LogP contribution in [0.5, 0.6) is 5.75 Å². The number of hydrogen-bond donors (Lipinski definition) is 2. The maximum Gasteiger partial charge on any atom is 0.387 e. The van der Waals surface area contributed by atoms with Crippen LogP contribution in [-0.4, -0.2) is 46.7 Å². The molecule has 2 atom stereocenters. The van der Waals surface area contributed by atoms with Gasteiger partial charge >= 0.3 is 6.61 Å². The van der Waals surface area contributed by atoms with Crippen LogP contribution in [0.15, 0.2) is 24.5 Å². The number of benzene rings is 1. The van der Waals surface area contributed by atoms with E-state index in [0.717, 1.165) is 31.4 Å². The Kier molecular flexibility index (Phi) is 4.73. The lowest BCUT2D eigenvalue weighted by Gasteiger charge is -2.28. The van der Waals surface area contributed by atoms with Crippen molar-refractivity contribution in [1.29, 1.82) is 0 Å². The maximum atomic E-state index is 14.7. The van der Waals surface area contributed by atoms with Gasteiger partial charge in [-0.1, -0.05) is 0 Å². The number of halogens is 5. The van der Waals surface area contributed by atoms with E-state index in [-0.39, 0.29) is 40.4 Å². The summed E-state index contributed by atoms with van der Waals surface area (Å²) in [6.45, 7) is -1.98. The summed E-state index contributed by atoms with van der Waals surface area (Å²) in [5, 5.41) is 5.90. The van der Waals surface area contributed by atoms with Gasteiger partial charge in [0.25, 0.3) is 0 Å². The van der Waals surface area contributed by atoms with E-state index in [4.69, 9.17) is 0 Å². The van der Waals surface area contributed by atoms with Crippen LogP contribution in [0.3, 0.4) is 0 Å². The largest absolute Gasteiger partial charge is 0.432 e. The number of rotatable bonds is 5. The normalized spacial score (nSPS) is 20.1. The molecule has 0 radical (unpaired) electrons. The number of anilines is 3. The molecule has 4 heterocycles. The smallest absolute Gasteiger partial charge is 0.387 e. The standard InChI is InChI=1S/C19H15F5N6O/c20-10-4-12-16(29-18(10)30-6-8-3-9(30)5-25-8)17(27-7-26-12)28-11-1-2-13(31-19(23)24)15(22)14(11)21/h1-2,4,7-9,19,25H,3,5-6H2,(H,26,27,28)/t8-,9-/m0/s1.